The number of rotatable bonds is 1. The number of amides is 1. The molecule has 0 radical (unpaired) electrons. The van der Waals surface area contributed by atoms with Gasteiger partial charge in [-0.1, -0.05) is 39.0 Å². The Labute approximate surface area is 151 Å². The van der Waals surface area contributed by atoms with Crippen molar-refractivity contribution in [1.82, 2.24) is 5.32 Å². The van der Waals surface area contributed by atoms with Gasteiger partial charge in [-0.25, -0.2) is 9.38 Å². The molecule has 2 heterocycles. The molecular formula is C21H19FN2O2. The lowest BCUT2D eigenvalue weighted by molar-refractivity contribution is -0.118. The molecule has 2 aromatic rings. The number of halogens is 1. The second-order valence-corrected chi connectivity index (χ2v) is 7.53. The molecule has 0 spiro atoms. The first-order valence-electron chi connectivity index (χ1n) is 8.50. The number of nitrogens with one attached hydrogen (secondary N) is 1. The van der Waals surface area contributed by atoms with E-state index < -0.39 is 6.17 Å². The summed E-state index contributed by atoms with van der Waals surface area (Å²) in [6, 6.07) is 12.0. The summed E-state index contributed by atoms with van der Waals surface area (Å²) in [5.41, 5.74) is 2.97. The van der Waals surface area contributed by atoms with Gasteiger partial charge in [-0.3, -0.25) is 4.79 Å². The van der Waals surface area contributed by atoms with Crippen LogP contribution in [0.5, 0.6) is 5.75 Å². The molecule has 1 unspecified atom stereocenters. The summed E-state index contributed by atoms with van der Waals surface area (Å²) in [5.74, 6) is 0.270. The van der Waals surface area contributed by atoms with E-state index >= 15 is 0 Å². The highest BCUT2D eigenvalue weighted by Crippen LogP contribution is 2.34. The molecule has 1 atom stereocenters. The molecule has 2 aromatic carbocycles. The van der Waals surface area contributed by atoms with E-state index in [0.29, 0.717) is 16.9 Å². The third-order valence-corrected chi connectivity index (χ3v) is 4.54. The first-order chi connectivity index (χ1) is 12.3. The van der Waals surface area contributed by atoms with Crippen molar-refractivity contribution in [2.75, 3.05) is 0 Å². The van der Waals surface area contributed by atoms with Crippen molar-refractivity contribution in [1.29, 1.82) is 0 Å². The van der Waals surface area contributed by atoms with Crippen LogP contribution in [-0.4, -0.2) is 11.8 Å². The molecule has 2 aliphatic rings. The second-order valence-electron chi connectivity index (χ2n) is 7.53. The zero-order valence-corrected chi connectivity index (χ0v) is 14.8. The molecule has 0 bridgehead atoms. The minimum atomic E-state index is -0.666. The smallest absolute Gasteiger partial charge is 0.258 e. The summed E-state index contributed by atoms with van der Waals surface area (Å²) >= 11 is 0. The van der Waals surface area contributed by atoms with Gasteiger partial charge >= 0.3 is 0 Å². The third-order valence-electron chi connectivity index (χ3n) is 4.54. The van der Waals surface area contributed by atoms with E-state index in [4.69, 9.17) is 4.74 Å². The lowest BCUT2D eigenvalue weighted by atomic mass is 9.85. The van der Waals surface area contributed by atoms with Gasteiger partial charge in [0.2, 0.25) is 5.90 Å². The lowest BCUT2D eigenvalue weighted by Gasteiger charge is -2.28. The van der Waals surface area contributed by atoms with Crippen LogP contribution in [0.25, 0.3) is 6.08 Å². The number of hydrogen-bond donors (Lipinski definition) is 1. The van der Waals surface area contributed by atoms with E-state index in [2.05, 4.69) is 31.1 Å². The minimum Gasteiger partial charge on any atom is -0.438 e. The Morgan fingerprint density at radius 2 is 1.96 bits per heavy atom. The fourth-order valence-corrected chi connectivity index (χ4v) is 3.04. The number of hydrogen-bond acceptors (Lipinski definition) is 3. The Hall–Kier alpha value is -2.95. The largest absolute Gasteiger partial charge is 0.438 e. The van der Waals surface area contributed by atoms with E-state index in [1.807, 2.05) is 18.2 Å². The van der Waals surface area contributed by atoms with Crippen LogP contribution in [-0.2, 0) is 10.2 Å². The van der Waals surface area contributed by atoms with Gasteiger partial charge in [0.1, 0.15) is 17.1 Å². The van der Waals surface area contributed by atoms with Crippen molar-refractivity contribution in [2.24, 2.45) is 4.99 Å². The van der Waals surface area contributed by atoms with Crippen LogP contribution in [0, 0.1) is 5.82 Å². The topological polar surface area (TPSA) is 50.7 Å². The standard InChI is InChI=1S/C21H19FN2O2/c1-21(2,3)14-7-8-17-13(9-14)11-16-19(25)23-18(24-20(16)26-17)12-5-4-6-15(22)10-12/h4-11,18H,1-3H3,(H,23,25). The summed E-state index contributed by atoms with van der Waals surface area (Å²) < 4.78 is 19.4. The maximum Gasteiger partial charge on any atom is 0.258 e. The zero-order chi connectivity index (χ0) is 18.5. The average molecular weight is 350 g/mol. The lowest BCUT2D eigenvalue weighted by Crippen LogP contribution is -2.39. The van der Waals surface area contributed by atoms with E-state index in [1.54, 1.807) is 18.2 Å². The Kier molecular flexibility index (Phi) is 3.68. The molecule has 0 fully saturated rings. The summed E-state index contributed by atoms with van der Waals surface area (Å²) in [4.78, 5) is 17.0. The molecule has 5 heteroatoms. The number of aliphatic imine (C=N–C) groups is 1. The van der Waals surface area contributed by atoms with Gasteiger partial charge in [0.25, 0.3) is 5.91 Å². The summed E-state index contributed by atoms with van der Waals surface area (Å²) in [6.07, 6.45) is 1.13. The highest BCUT2D eigenvalue weighted by atomic mass is 19.1. The number of carbonyl (C=O) groups excluding carboxylic acids is 1. The van der Waals surface area contributed by atoms with Crippen molar-refractivity contribution in [2.45, 2.75) is 32.4 Å². The summed E-state index contributed by atoms with van der Waals surface area (Å²) in [5, 5.41) is 2.79. The Morgan fingerprint density at radius 1 is 1.15 bits per heavy atom. The fourth-order valence-electron chi connectivity index (χ4n) is 3.04. The molecule has 0 aromatic heterocycles. The predicted octanol–water partition coefficient (Wildman–Crippen LogP) is 4.13. The van der Waals surface area contributed by atoms with Crippen LogP contribution >= 0.6 is 0 Å². The third kappa shape index (κ3) is 2.90. The molecule has 4 rings (SSSR count). The average Bonchev–Trinajstić information content (AvgIpc) is 2.59. The van der Waals surface area contributed by atoms with Crippen molar-refractivity contribution in [3.63, 3.8) is 0 Å². The zero-order valence-electron chi connectivity index (χ0n) is 14.8. The minimum absolute atomic E-state index is 0.000789. The molecule has 132 valence electrons. The van der Waals surface area contributed by atoms with Gasteiger partial charge in [-0.15, -0.1) is 0 Å². The molecule has 1 N–H and O–H groups in total. The van der Waals surface area contributed by atoms with Gasteiger partial charge in [0.05, 0.1) is 0 Å². The van der Waals surface area contributed by atoms with Crippen molar-refractivity contribution in [3.8, 4) is 5.75 Å². The van der Waals surface area contributed by atoms with Crippen LogP contribution in [0.2, 0.25) is 0 Å². The van der Waals surface area contributed by atoms with Crippen LogP contribution in [0.15, 0.2) is 53.0 Å². The van der Waals surface area contributed by atoms with Crippen molar-refractivity contribution >= 4 is 17.9 Å². The fraction of sp³-hybridized carbons (Fsp3) is 0.238. The highest BCUT2D eigenvalue weighted by molar-refractivity contribution is 6.24. The van der Waals surface area contributed by atoms with Crippen LogP contribution < -0.4 is 10.1 Å². The number of benzene rings is 2. The number of ether oxygens (including phenoxy) is 1. The summed E-state index contributed by atoms with van der Waals surface area (Å²) in [6.45, 7) is 6.40. The first-order valence-corrected chi connectivity index (χ1v) is 8.50. The quantitative estimate of drug-likeness (QED) is 0.841. The molecule has 26 heavy (non-hydrogen) atoms. The Bertz CT molecular complexity index is 970. The van der Waals surface area contributed by atoms with E-state index in [1.165, 1.54) is 12.1 Å². The van der Waals surface area contributed by atoms with E-state index in [9.17, 15) is 9.18 Å². The molecule has 0 saturated carbocycles. The van der Waals surface area contributed by atoms with Gasteiger partial charge in [-0.2, -0.15) is 0 Å². The van der Waals surface area contributed by atoms with Crippen LogP contribution in [0.4, 0.5) is 4.39 Å². The molecule has 0 saturated heterocycles. The monoisotopic (exact) mass is 350 g/mol. The van der Waals surface area contributed by atoms with Gasteiger partial charge in [0.15, 0.2) is 6.17 Å². The SMILES string of the molecule is CC(C)(C)c1ccc2c(c1)C=C1C(=O)NC(c3cccc(F)c3)N=C1O2. The summed E-state index contributed by atoms with van der Waals surface area (Å²) in [7, 11) is 0. The number of carbonyl (C=O) groups is 1. The van der Waals surface area contributed by atoms with Crippen molar-refractivity contribution < 1.29 is 13.9 Å². The van der Waals surface area contributed by atoms with Crippen LogP contribution in [0.3, 0.4) is 0 Å². The Balaban J connectivity index is 1.74. The highest BCUT2D eigenvalue weighted by Gasteiger charge is 2.32. The van der Waals surface area contributed by atoms with Gasteiger partial charge in [0, 0.05) is 5.56 Å². The van der Waals surface area contributed by atoms with E-state index in [0.717, 1.165) is 11.1 Å². The number of fused-ring (bicyclic) bond motifs is 2. The molecular weight excluding hydrogens is 331 g/mol. The first kappa shape index (κ1) is 16.5. The molecule has 1 amide bonds. The second kappa shape index (κ2) is 5.80. The van der Waals surface area contributed by atoms with Gasteiger partial charge in [-0.05, 0) is 46.9 Å². The maximum absolute atomic E-state index is 13.5. The predicted molar refractivity (Wildman–Crippen MR) is 98.5 cm³/mol. The normalized spacial score (nSPS) is 18.8. The maximum atomic E-state index is 13.5. The number of nitrogens with zero attached hydrogens (tertiary/aromatic N) is 1. The molecule has 2 aliphatic heterocycles. The molecule has 0 aliphatic carbocycles. The Morgan fingerprint density at radius 3 is 2.69 bits per heavy atom. The molecule has 4 nitrogen and oxygen atoms in total. The van der Waals surface area contributed by atoms with Crippen molar-refractivity contribution in [3.05, 3.63) is 70.5 Å². The van der Waals surface area contributed by atoms with E-state index in [-0.39, 0.29) is 23.0 Å². The van der Waals surface area contributed by atoms with Gasteiger partial charge < -0.3 is 10.1 Å². The van der Waals surface area contributed by atoms with Crippen LogP contribution in [0.1, 0.15) is 43.6 Å².